The zero-order valence-corrected chi connectivity index (χ0v) is 24.6. The number of nitriles is 1. The van der Waals surface area contributed by atoms with Crippen molar-refractivity contribution in [3.8, 4) is 17.3 Å². The number of hydrogen-bond acceptors (Lipinski definition) is 12. The molecular formula is C30H27FN8O4S. The number of nitrogens with zero attached hydrogens (tertiary/aromatic N) is 8. The molecule has 0 atom stereocenters. The number of aliphatic hydroxyl groups is 1. The Balaban J connectivity index is 1.20. The third-order valence-corrected chi connectivity index (χ3v) is 9.19. The number of ether oxygens (including phenoxy) is 1. The van der Waals surface area contributed by atoms with E-state index in [1.54, 1.807) is 29.0 Å². The van der Waals surface area contributed by atoms with Gasteiger partial charge >= 0.3 is 5.97 Å². The molecule has 3 aliphatic rings. The fourth-order valence-electron chi connectivity index (χ4n) is 5.71. The van der Waals surface area contributed by atoms with E-state index in [1.165, 1.54) is 23.5 Å². The van der Waals surface area contributed by atoms with E-state index in [0.717, 1.165) is 5.82 Å². The number of cyclic esters (lactones) is 1. The Hall–Kier alpha value is -4.71. The second-order valence-corrected chi connectivity index (χ2v) is 11.9. The van der Waals surface area contributed by atoms with Gasteiger partial charge < -0.3 is 24.5 Å². The number of aliphatic hydroxyl groups excluding tert-OH is 1. The monoisotopic (exact) mass is 614 g/mol. The summed E-state index contributed by atoms with van der Waals surface area (Å²) in [6.07, 6.45) is -0.417. The summed E-state index contributed by atoms with van der Waals surface area (Å²) in [5.41, 5.74) is 3.56. The van der Waals surface area contributed by atoms with Crippen LogP contribution in [0.1, 0.15) is 20.9 Å². The quantitative estimate of drug-likeness (QED) is 0.321. The molecule has 0 saturated carbocycles. The molecule has 4 aromatic rings. The minimum Gasteiger partial charge on any atom is -0.456 e. The number of β-amino-alcohol motifs (C(OH)–C–C–N with tert-alkyl or cyclic N) is 1. The van der Waals surface area contributed by atoms with Gasteiger partial charge in [-0.05, 0) is 36.4 Å². The van der Waals surface area contributed by atoms with Gasteiger partial charge in [-0.15, -0.1) is 0 Å². The Bertz CT molecular complexity index is 1830. The van der Waals surface area contributed by atoms with E-state index < -0.39 is 12.1 Å². The summed E-state index contributed by atoms with van der Waals surface area (Å²) in [5.74, 6) is -0.128. The fourth-order valence-corrected chi connectivity index (χ4v) is 6.56. The van der Waals surface area contributed by atoms with Gasteiger partial charge in [0, 0.05) is 57.4 Å². The zero-order chi connectivity index (χ0) is 30.5. The van der Waals surface area contributed by atoms with Gasteiger partial charge in [0.2, 0.25) is 5.91 Å². The number of pyridine rings is 2. The number of amides is 1. The Morgan fingerprint density at radius 1 is 1.11 bits per heavy atom. The van der Waals surface area contributed by atoms with Crippen LogP contribution in [0.4, 0.5) is 21.0 Å². The molecule has 2 fully saturated rings. The molecule has 0 bridgehead atoms. The molecule has 44 heavy (non-hydrogen) atoms. The van der Waals surface area contributed by atoms with E-state index in [4.69, 9.17) is 14.7 Å². The van der Waals surface area contributed by atoms with Crippen molar-refractivity contribution in [2.75, 3.05) is 62.7 Å². The van der Waals surface area contributed by atoms with E-state index in [9.17, 15) is 24.3 Å². The molecule has 0 unspecified atom stereocenters. The smallest absolute Gasteiger partial charge is 0.357 e. The number of halogens is 1. The van der Waals surface area contributed by atoms with Crippen LogP contribution in [0.2, 0.25) is 0 Å². The molecule has 2 saturated heterocycles. The average molecular weight is 615 g/mol. The highest BCUT2D eigenvalue weighted by Gasteiger charge is 2.33. The topological polar surface area (TPSA) is 139 Å². The molecule has 0 radical (unpaired) electrons. The number of fused-ring (bicyclic) bond motifs is 2. The first-order valence-electron chi connectivity index (χ1n) is 14.1. The molecule has 224 valence electrons. The van der Waals surface area contributed by atoms with Crippen molar-refractivity contribution < 1.29 is 23.8 Å². The van der Waals surface area contributed by atoms with E-state index in [0.29, 0.717) is 89.4 Å². The highest BCUT2D eigenvalue weighted by molar-refractivity contribution is 7.16. The van der Waals surface area contributed by atoms with Gasteiger partial charge in [-0.2, -0.15) is 5.26 Å². The van der Waals surface area contributed by atoms with Crippen LogP contribution in [0, 0.1) is 17.1 Å². The minimum atomic E-state index is -0.511. The highest BCUT2D eigenvalue weighted by atomic mass is 32.1. The van der Waals surface area contributed by atoms with Gasteiger partial charge in [-0.25, -0.2) is 24.1 Å². The van der Waals surface area contributed by atoms with E-state index in [1.807, 2.05) is 12.1 Å². The third kappa shape index (κ3) is 4.98. The maximum Gasteiger partial charge on any atom is 0.357 e. The summed E-state index contributed by atoms with van der Waals surface area (Å²) in [4.78, 5) is 47.5. The molecule has 1 aromatic carbocycles. The Morgan fingerprint density at radius 3 is 2.57 bits per heavy atom. The molecule has 12 nitrogen and oxygen atoms in total. The van der Waals surface area contributed by atoms with Gasteiger partial charge in [0.05, 0.1) is 23.9 Å². The number of likely N-dealkylation sites (tertiary alicyclic amines) is 1. The molecular weight excluding hydrogens is 587 g/mol. The predicted molar refractivity (Wildman–Crippen MR) is 160 cm³/mol. The van der Waals surface area contributed by atoms with Crippen molar-refractivity contribution in [2.45, 2.75) is 12.7 Å². The molecule has 0 spiro atoms. The summed E-state index contributed by atoms with van der Waals surface area (Å²) in [6.45, 7) is 3.85. The van der Waals surface area contributed by atoms with Crippen LogP contribution < -0.4 is 9.80 Å². The van der Waals surface area contributed by atoms with Gasteiger partial charge in [0.1, 0.15) is 40.4 Å². The summed E-state index contributed by atoms with van der Waals surface area (Å²) < 4.78 is 18.9. The molecule has 3 aromatic heterocycles. The van der Waals surface area contributed by atoms with Crippen molar-refractivity contribution in [3.63, 3.8) is 0 Å². The van der Waals surface area contributed by atoms with Gasteiger partial charge in [0.25, 0.3) is 0 Å². The van der Waals surface area contributed by atoms with Crippen LogP contribution in [0.25, 0.3) is 22.3 Å². The number of carbonyl (C=O) groups is 2. The van der Waals surface area contributed by atoms with E-state index >= 15 is 0 Å². The SMILES string of the molecule is CN(c1nc(-c2ccc(F)cc2)c(C#N)s1)c1c2c(nc3ccc(N4CCN(CC(=O)N5CC(O)C5)CC4)nc13)C(=O)OC2. The van der Waals surface area contributed by atoms with E-state index in [2.05, 4.69) is 20.9 Å². The first kappa shape index (κ1) is 28.1. The first-order chi connectivity index (χ1) is 21.3. The van der Waals surface area contributed by atoms with Crippen LogP contribution in [0.3, 0.4) is 0 Å². The fraction of sp³-hybridized carbons (Fsp3) is 0.333. The largest absolute Gasteiger partial charge is 0.456 e. The van der Waals surface area contributed by atoms with Crippen molar-refractivity contribution in [1.29, 1.82) is 5.26 Å². The number of anilines is 3. The molecule has 6 heterocycles. The molecule has 1 amide bonds. The van der Waals surface area contributed by atoms with Crippen LogP contribution in [-0.4, -0.2) is 101 Å². The number of hydrogen-bond donors (Lipinski definition) is 1. The second kappa shape index (κ2) is 11.1. The Labute approximate surface area is 255 Å². The maximum absolute atomic E-state index is 13.6. The number of thiazole rings is 1. The lowest BCUT2D eigenvalue weighted by Gasteiger charge is -2.39. The summed E-state index contributed by atoms with van der Waals surface area (Å²) in [6, 6.07) is 11.7. The van der Waals surface area contributed by atoms with Crippen LogP contribution in [0.5, 0.6) is 0 Å². The van der Waals surface area contributed by atoms with E-state index in [-0.39, 0.29) is 24.0 Å². The lowest BCUT2D eigenvalue weighted by Crippen LogP contribution is -2.57. The van der Waals surface area contributed by atoms with Crippen LogP contribution in [-0.2, 0) is 16.1 Å². The third-order valence-electron chi connectivity index (χ3n) is 8.16. The van der Waals surface area contributed by atoms with Gasteiger partial charge in [0.15, 0.2) is 10.8 Å². The molecule has 1 N–H and O–H groups in total. The lowest BCUT2D eigenvalue weighted by atomic mass is 10.1. The molecule has 7 rings (SSSR count). The predicted octanol–water partition coefficient (Wildman–Crippen LogP) is 2.53. The van der Waals surface area contributed by atoms with Crippen LogP contribution >= 0.6 is 11.3 Å². The zero-order valence-electron chi connectivity index (χ0n) is 23.7. The number of rotatable bonds is 6. The number of piperazine rings is 1. The van der Waals surface area contributed by atoms with Crippen molar-refractivity contribution in [3.05, 3.63) is 58.3 Å². The van der Waals surface area contributed by atoms with Gasteiger partial charge in [-0.3, -0.25) is 9.69 Å². The standard InChI is InChI=1S/C30H27FN8O4S/c1-36(30-35-25(22(12-32)44-30)17-2-4-18(31)5-3-17)28-20-16-43-29(42)26(20)33-21-6-7-23(34-27(21)28)38-10-8-37(9-11-38)15-24(41)39-13-19(40)14-39/h2-7,19,40H,8-11,13-16H2,1H3. The van der Waals surface area contributed by atoms with Crippen LogP contribution in [0.15, 0.2) is 36.4 Å². The molecule has 0 aliphatic carbocycles. The minimum absolute atomic E-state index is 0.0290. The first-order valence-corrected chi connectivity index (χ1v) is 14.9. The Kier molecular flexibility index (Phi) is 7.08. The van der Waals surface area contributed by atoms with Gasteiger partial charge in [-0.1, -0.05) is 11.3 Å². The lowest BCUT2D eigenvalue weighted by molar-refractivity contribution is -0.142. The number of aromatic nitrogens is 3. The van der Waals surface area contributed by atoms with Crippen molar-refractivity contribution >= 4 is 50.9 Å². The highest BCUT2D eigenvalue weighted by Crippen LogP contribution is 2.41. The number of esters is 1. The normalized spacial score (nSPS) is 16.9. The summed E-state index contributed by atoms with van der Waals surface area (Å²) in [7, 11) is 1.80. The molecule has 3 aliphatic heterocycles. The number of benzene rings is 1. The maximum atomic E-state index is 13.6. The van der Waals surface area contributed by atoms with Crippen molar-refractivity contribution in [2.24, 2.45) is 0 Å². The summed E-state index contributed by atoms with van der Waals surface area (Å²) >= 11 is 1.19. The Morgan fingerprint density at radius 2 is 1.86 bits per heavy atom. The summed E-state index contributed by atoms with van der Waals surface area (Å²) in [5, 5.41) is 19.9. The average Bonchev–Trinajstić information content (AvgIpc) is 3.62. The number of carbonyl (C=O) groups excluding carboxylic acids is 2. The second-order valence-electron chi connectivity index (χ2n) is 11.0. The molecule has 14 heteroatoms. The van der Waals surface area contributed by atoms with Crippen molar-refractivity contribution in [1.82, 2.24) is 24.8 Å².